The Morgan fingerprint density at radius 3 is 2.72 bits per heavy atom. The summed E-state index contributed by atoms with van der Waals surface area (Å²) in [4.78, 5) is 32.2. The van der Waals surface area contributed by atoms with Crippen LogP contribution in [-0.4, -0.2) is 57.6 Å². The molecule has 2 aromatic carbocycles. The summed E-state index contributed by atoms with van der Waals surface area (Å²) >= 11 is 6.28. The fourth-order valence-corrected chi connectivity index (χ4v) is 4.96. The van der Waals surface area contributed by atoms with Crippen molar-refractivity contribution in [3.8, 4) is 11.3 Å². The summed E-state index contributed by atoms with van der Waals surface area (Å²) in [7, 11) is 1.87. The first kappa shape index (κ1) is 25.1. The van der Waals surface area contributed by atoms with Crippen molar-refractivity contribution in [1.29, 1.82) is 0 Å². The first-order valence-corrected chi connectivity index (χ1v) is 12.6. The number of carbonyl (C=O) groups excluding carboxylic acids is 1. The zero-order chi connectivity index (χ0) is 27.1. The Morgan fingerprint density at radius 1 is 1.13 bits per heavy atom. The number of benzene rings is 2. The van der Waals surface area contributed by atoms with Crippen LogP contribution in [0.5, 0.6) is 0 Å². The van der Waals surface area contributed by atoms with Gasteiger partial charge in [0, 0.05) is 47.0 Å². The number of likely N-dealkylation sites (tertiary alicyclic amines) is 1. The third-order valence-electron chi connectivity index (χ3n) is 6.78. The molecular formula is C27H22ClF2N7O2. The van der Waals surface area contributed by atoms with Gasteiger partial charge in [-0.25, -0.2) is 23.7 Å². The van der Waals surface area contributed by atoms with Crippen LogP contribution < -0.4 is 10.6 Å². The maximum atomic E-state index is 14.8. The van der Waals surface area contributed by atoms with E-state index in [0.29, 0.717) is 40.5 Å². The van der Waals surface area contributed by atoms with Gasteiger partial charge in [-0.2, -0.15) is 0 Å². The molecule has 4 aromatic rings. The predicted octanol–water partition coefficient (Wildman–Crippen LogP) is 4.59. The molecule has 1 fully saturated rings. The van der Waals surface area contributed by atoms with Gasteiger partial charge in [0.15, 0.2) is 0 Å². The van der Waals surface area contributed by atoms with E-state index in [0.717, 1.165) is 6.42 Å². The van der Waals surface area contributed by atoms with Gasteiger partial charge in [-0.05, 0) is 37.7 Å². The van der Waals surface area contributed by atoms with Crippen LogP contribution in [0, 0.1) is 11.6 Å². The number of aliphatic imine (C=N–C) groups is 1. The highest BCUT2D eigenvalue weighted by Crippen LogP contribution is 2.34. The molecule has 1 atom stereocenters. The summed E-state index contributed by atoms with van der Waals surface area (Å²) in [6.07, 6.45) is 3.80. The molecule has 2 aliphatic heterocycles. The molecule has 2 aromatic heterocycles. The van der Waals surface area contributed by atoms with Crippen LogP contribution in [-0.2, 0) is 6.54 Å². The van der Waals surface area contributed by atoms with Crippen molar-refractivity contribution >= 4 is 35.2 Å². The monoisotopic (exact) mass is 549 g/mol. The molecule has 0 bridgehead atoms. The highest BCUT2D eigenvalue weighted by Gasteiger charge is 2.29. The number of amides is 1. The topological polar surface area (TPSA) is 109 Å². The van der Waals surface area contributed by atoms with Crippen molar-refractivity contribution in [2.24, 2.45) is 4.99 Å². The zero-order valence-electron chi connectivity index (χ0n) is 20.7. The third-order valence-corrected chi connectivity index (χ3v) is 7.02. The second-order valence-electron chi connectivity index (χ2n) is 9.20. The number of anilines is 2. The highest BCUT2D eigenvalue weighted by atomic mass is 35.5. The van der Waals surface area contributed by atoms with Crippen molar-refractivity contribution in [2.75, 3.05) is 25.5 Å². The van der Waals surface area contributed by atoms with Gasteiger partial charge >= 0.3 is 6.01 Å². The Balaban J connectivity index is 1.31. The van der Waals surface area contributed by atoms with E-state index in [1.807, 2.05) is 7.05 Å². The molecule has 198 valence electrons. The maximum absolute atomic E-state index is 14.8. The fraction of sp³-hybridized carbons (Fsp3) is 0.222. The lowest BCUT2D eigenvalue weighted by Crippen LogP contribution is -2.33. The maximum Gasteiger partial charge on any atom is 0.302 e. The number of hydrogen-bond acceptors (Lipinski definition) is 8. The lowest BCUT2D eigenvalue weighted by Gasteiger charge is -2.14. The first-order valence-electron chi connectivity index (χ1n) is 12.3. The van der Waals surface area contributed by atoms with E-state index < -0.39 is 11.6 Å². The van der Waals surface area contributed by atoms with E-state index in [-0.39, 0.29) is 47.5 Å². The zero-order valence-corrected chi connectivity index (χ0v) is 21.5. The normalized spacial score (nSPS) is 16.4. The molecule has 12 heteroatoms. The molecular weight excluding hydrogens is 528 g/mol. The van der Waals surface area contributed by atoms with Gasteiger partial charge in [-0.1, -0.05) is 23.7 Å². The summed E-state index contributed by atoms with van der Waals surface area (Å²) in [5.74, 6) is -1.44. The molecule has 6 rings (SSSR count). The number of hydrogen-bond donors (Lipinski definition) is 2. The minimum absolute atomic E-state index is 0.0537. The van der Waals surface area contributed by atoms with Crippen molar-refractivity contribution in [3.63, 3.8) is 0 Å². The number of halogens is 3. The molecule has 1 saturated heterocycles. The molecule has 1 amide bonds. The number of nitrogens with one attached hydrogen (secondary N) is 2. The summed E-state index contributed by atoms with van der Waals surface area (Å²) in [5, 5.41) is 6.45. The van der Waals surface area contributed by atoms with Gasteiger partial charge in [-0.3, -0.25) is 15.1 Å². The molecule has 0 aliphatic carbocycles. The van der Waals surface area contributed by atoms with E-state index in [9.17, 15) is 13.6 Å². The first-order chi connectivity index (χ1) is 18.9. The van der Waals surface area contributed by atoms with Gasteiger partial charge in [-0.15, -0.1) is 0 Å². The average molecular weight is 550 g/mol. The van der Waals surface area contributed by atoms with Crippen LogP contribution in [0.25, 0.3) is 11.3 Å². The molecule has 39 heavy (non-hydrogen) atoms. The number of oxazole rings is 1. The van der Waals surface area contributed by atoms with Gasteiger partial charge in [0.1, 0.15) is 11.6 Å². The Labute approximate surface area is 227 Å². The fourth-order valence-electron chi connectivity index (χ4n) is 4.78. The number of rotatable bonds is 5. The number of nitrogens with zero attached hydrogens (tertiary/aromatic N) is 5. The van der Waals surface area contributed by atoms with Crippen LogP contribution >= 0.6 is 11.6 Å². The Kier molecular flexibility index (Phi) is 6.53. The summed E-state index contributed by atoms with van der Waals surface area (Å²) in [6, 6.07) is 8.97. The highest BCUT2D eigenvalue weighted by molar-refractivity contribution is 6.31. The summed E-state index contributed by atoms with van der Waals surface area (Å²) in [5.41, 5.74) is 2.06. The summed E-state index contributed by atoms with van der Waals surface area (Å²) in [6.45, 7) is 1.31. The van der Waals surface area contributed by atoms with Crippen LogP contribution in [0.15, 0.2) is 58.2 Å². The molecule has 0 saturated carbocycles. The third kappa shape index (κ3) is 4.75. The van der Waals surface area contributed by atoms with E-state index in [1.165, 1.54) is 24.4 Å². The minimum atomic E-state index is -0.733. The van der Waals surface area contributed by atoms with Crippen molar-refractivity contribution in [3.05, 3.63) is 87.9 Å². The Hall–Kier alpha value is -4.22. The van der Waals surface area contributed by atoms with Gasteiger partial charge in [0.25, 0.3) is 5.91 Å². The minimum Gasteiger partial charge on any atom is -0.418 e. The molecule has 0 radical (unpaired) electrons. The Bertz CT molecular complexity index is 1600. The van der Waals surface area contributed by atoms with Gasteiger partial charge < -0.3 is 14.6 Å². The lowest BCUT2D eigenvalue weighted by molar-refractivity contribution is 0.0759. The van der Waals surface area contributed by atoms with Gasteiger partial charge in [0.05, 0.1) is 29.7 Å². The number of likely N-dealkylation sites (N-methyl/N-ethyl adjacent to an activating group) is 1. The van der Waals surface area contributed by atoms with Crippen LogP contribution in [0.1, 0.15) is 33.7 Å². The van der Waals surface area contributed by atoms with E-state index in [1.54, 1.807) is 29.3 Å². The number of aromatic nitrogens is 3. The van der Waals surface area contributed by atoms with Crippen molar-refractivity contribution in [1.82, 2.24) is 25.2 Å². The second-order valence-corrected chi connectivity index (χ2v) is 9.64. The Morgan fingerprint density at radius 2 is 1.95 bits per heavy atom. The van der Waals surface area contributed by atoms with Crippen molar-refractivity contribution in [2.45, 2.75) is 19.0 Å². The lowest BCUT2D eigenvalue weighted by atomic mass is 9.95. The smallest absolute Gasteiger partial charge is 0.302 e. The van der Waals surface area contributed by atoms with Crippen LogP contribution in [0.4, 0.5) is 20.7 Å². The molecule has 0 spiro atoms. The second kappa shape index (κ2) is 10.2. The van der Waals surface area contributed by atoms with Crippen molar-refractivity contribution < 1.29 is 18.0 Å². The van der Waals surface area contributed by atoms with E-state index >= 15 is 0 Å². The van der Waals surface area contributed by atoms with Gasteiger partial charge in [0.2, 0.25) is 11.7 Å². The molecule has 2 aliphatic rings. The molecule has 1 unspecified atom stereocenters. The van der Waals surface area contributed by atoms with E-state index in [4.69, 9.17) is 16.0 Å². The molecule has 9 nitrogen and oxygen atoms in total. The quantitative estimate of drug-likeness (QED) is 0.375. The standard InChI is InChI=1S/C27H22ClF2N7O2/c1-31-16-7-8-37(13-16)25(38)21-12-34-27(39-21)36-26-33-11-14-10-32-24(22-19(29)3-2-4-20(22)30)18-9-15(28)5-6-17(18)23(14)35-26/h2-6,9,11-12,16,31H,7-8,10,13H2,1H3,(H,33,34,35,36). The summed E-state index contributed by atoms with van der Waals surface area (Å²) < 4.78 is 35.2. The predicted molar refractivity (Wildman–Crippen MR) is 141 cm³/mol. The van der Waals surface area contributed by atoms with Crippen LogP contribution in [0.3, 0.4) is 0 Å². The number of fused-ring (bicyclic) bond motifs is 3. The largest absolute Gasteiger partial charge is 0.418 e. The number of carbonyl (C=O) groups is 1. The average Bonchev–Trinajstić information content (AvgIpc) is 3.57. The SMILES string of the molecule is CNC1CCN(C(=O)c2cnc(Nc3ncc4c(n3)-c3ccc(Cl)cc3C(c3c(F)cccc3F)=NC4)o2)C1. The van der Waals surface area contributed by atoms with Crippen LogP contribution in [0.2, 0.25) is 5.02 Å². The molecule has 2 N–H and O–H groups in total. The molecule has 4 heterocycles. The van der Waals surface area contributed by atoms with E-state index in [2.05, 4.69) is 30.6 Å².